The van der Waals surface area contributed by atoms with Crippen molar-refractivity contribution in [3.05, 3.63) is 76.6 Å². The maximum atomic E-state index is 13.4. The Balaban J connectivity index is 1.68. The number of hydrogen-bond acceptors (Lipinski definition) is 6. The second-order valence-electron chi connectivity index (χ2n) is 7.70. The van der Waals surface area contributed by atoms with Crippen molar-refractivity contribution in [1.29, 1.82) is 0 Å². The Kier molecular flexibility index (Phi) is 6.28. The Hall–Kier alpha value is -3.58. The summed E-state index contributed by atoms with van der Waals surface area (Å²) in [5, 5.41) is 5.03. The number of amides is 2. The molecule has 0 saturated carbocycles. The van der Waals surface area contributed by atoms with Gasteiger partial charge in [-0.3, -0.25) is 9.59 Å². The zero-order chi connectivity index (χ0) is 22.7. The van der Waals surface area contributed by atoms with Gasteiger partial charge >= 0.3 is 0 Å². The zero-order valence-electron chi connectivity index (χ0n) is 18.1. The van der Waals surface area contributed by atoms with Gasteiger partial charge < -0.3 is 14.8 Å². The van der Waals surface area contributed by atoms with Crippen molar-refractivity contribution in [2.24, 2.45) is 5.92 Å². The number of thiophene rings is 1. The van der Waals surface area contributed by atoms with Crippen molar-refractivity contribution in [3.8, 4) is 11.5 Å². The highest BCUT2D eigenvalue weighted by Gasteiger charge is 2.41. The predicted octanol–water partition coefficient (Wildman–Crippen LogP) is 5.19. The number of carbonyl (C=O) groups is 2. The van der Waals surface area contributed by atoms with E-state index in [1.165, 1.54) is 16.2 Å². The van der Waals surface area contributed by atoms with E-state index >= 15 is 0 Å². The summed E-state index contributed by atoms with van der Waals surface area (Å²) >= 11 is 1.41. The van der Waals surface area contributed by atoms with Gasteiger partial charge in [0, 0.05) is 4.88 Å². The molecule has 2 amide bonds. The molecule has 0 atom stereocenters. The third-order valence-electron chi connectivity index (χ3n) is 4.90. The lowest BCUT2D eigenvalue weighted by atomic mass is 10.1. The minimum absolute atomic E-state index is 0.224. The number of anilines is 2. The second kappa shape index (κ2) is 9.28. The average molecular weight is 449 g/mol. The third kappa shape index (κ3) is 4.24. The average Bonchev–Trinajstić information content (AvgIpc) is 3.40. The molecule has 0 saturated heterocycles. The normalized spacial score (nSPS) is 13.8. The quantitative estimate of drug-likeness (QED) is 0.481. The molecule has 2 aromatic carbocycles. The van der Waals surface area contributed by atoms with E-state index in [0.717, 1.165) is 4.88 Å². The zero-order valence-corrected chi connectivity index (χ0v) is 18.9. The number of hydrogen-bond donors (Lipinski definition) is 1. The van der Waals surface area contributed by atoms with Crippen LogP contribution in [0.2, 0.25) is 0 Å². The molecule has 0 radical (unpaired) electrons. The van der Waals surface area contributed by atoms with E-state index in [2.05, 4.69) is 19.2 Å². The minimum atomic E-state index is -0.417. The van der Waals surface area contributed by atoms with Gasteiger partial charge in [-0.25, -0.2) is 4.90 Å². The first-order valence-corrected chi connectivity index (χ1v) is 11.2. The Labute approximate surface area is 191 Å². The van der Waals surface area contributed by atoms with Crippen molar-refractivity contribution in [2.45, 2.75) is 13.8 Å². The Morgan fingerprint density at radius 1 is 0.969 bits per heavy atom. The first kappa shape index (κ1) is 21.6. The number of methoxy groups -OCH3 is 1. The molecular weight excluding hydrogens is 424 g/mol. The van der Waals surface area contributed by atoms with Crippen LogP contribution in [0.15, 0.2) is 71.7 Å². The highest BCUT2D eigenvalue weighted by molar-refractivity contribution is 7.11. The largest absolute Gasteiger partial charge is 0.495 e. The van der Waals surface area contributed by atoms with Gasteiger partial charge in [-0.1, -0.05) is 32.0 Å². The van der Waals surface area contributed by atoms with E-state index < -0.39 is 5.91 Å². The predicted molar refractivity (Wildman–Crippen MR) is 127 cm³/mol. The van der Waals surface area contributed by atoms with Crippen LogP contribution in [-0.2, 0) is 9.59 Å². The van der Waals surface area contributed by atoms with Gasteiger partial charge in [0.2, 0.25) is 0 Å². The first-order chi connectivity index (χ1) is 15.5. The maximum Gasteiger partial charge on any atom is 0.282 e. The van der Waals surface area contributed by atoms with E-state index in [-0.39, 0.29) is 11.6 Å². The number of para-hydroxylation sites is 2. The van der Waals surface area contributed by atoms with Gasteiger partial charge in [-0.2, -0.15) is 0 Å². The third-order valence-corrected chi connectivity index (χ3v) is 5.78. The molecule has 1 aliphatic rings. The molecular formula is C25H24N2O4S. The summed E-state index contributed by atoms with van der Waals surface area (Å²) in [6, 6.07) is 18.0. The molecule has 2 heterocycles. The van der Waals surface area contributed by atoms with Gasteiger partial charge in [0.05, 0.1) is 30.7 Å². The molecule has 4 rings (SSSR count). The van der Waals surface area contributed by atoms with E-state index in [1.807, 2.05) is 29.6 Å². The monoisotopic (exact) mass is 448 g/mol. The van der Waals surface area contributed by atoms with Crippen LogP contribution in [0.25, 0.3) is 5.57 Å². The summed E-state index contributed by atoms with van der Waals surface area (Å²) < 4.78 is 11.1. The summed E-state index contributed by atoms with van der Waals surface area (Å²) in [5.74, 6) is 0.889. The summed E-state index contributed by atoms with van der Waals surface area (Å²) in [7, 11) is 1.56. The molecule has 7 heteroatoms. The van der Waals surface area contributed by atoms with Crippen molar-refractivity contribution >= 4 is 40.1 Å². The molecule has 1 aromatic heterocycles. The van der Waals surface area contributed by atoms with E-state index in [9.17, 15) is 9.59 Å². The fourth-order valence-corrected chi connectivity index (χ4v) is 4.13. The number of benzene rings is 2. The van der Waals surface area contributed by atoms with Crippen molar-refractivity contribution in [3.63, 3.8) is 0 Å². The van der Waals surface area contributed by atoms with Crippen LogP contribution in [0.1, 0.15) is 18.7 Å². The molecule has 0 aliphatic carbocycles. The Bertz CT molecular complexity index is 1150. The maximum absolute atomic E-state index is 13.4. The minimum Gasteiger partial charge on any atom is -0.495 e. The van der Waals surface area contributed by atoms with Gasteiger partial charge in [0.15, 0.2) is 0 Å². The van der Waals surface area contributed by atoms with Gasteiger partial charge in [0.25, 0.3) is 11.8 Å². The molecule has 0 bridgehead atoms. The standard InChI is InChI=1S/C25H24N2O4S/c1-16(2)15-31-18-12-10-17(11-13-18)27-24(28)22(21-9-6-14-32-21)23(25(27)29)26-19-7-4-5-8-20(19)30-3/h4-14,16,26H,15H2,1-3H3. The lowest BCUT2D eigenvalue weighted by molar-refractivity contribution is -0.120. The summed E-state index contributed by atoms with van der Waals surface area (Å²) in [5.41, 5.74) is 1.67. The molecule has 1 N–H and O–H groups in total. The van der Waals surface area contributed by atoms with Crippen LogP contribution in [-0.4, -0.2) is 25.5 Å². The first-order valence-electron chi connectivity index (χ1n) is 10.3. The van der Waals surface area contributed by atoms with Crippen molar-refractivity contribution in [1.82, 2.24) is 0 Å². The SMILES string of the molecule is COc1ccccc1NC1=C(c2cccs2)C(=O)N(c2ccc(OCC(C)C)cc2)C1=O. The molecule has 164 valence electrons. The Morgan fingerprint density at radius 2 is 1.72 bits per heavy atom. The fourth-order valence-electron chi connectivity index (χ4n) is 3.37. The molecule has 0 spiro atoms. The number of imide groups is 1. The van der Waals surface area contributed by atoms with Crippen LogP contribution < -0.4 is 19.7 Å². The number of carbonyl (C=O) groups excluding carboxylic acids is 2. The lowest BCUT2D eigenvalue weighted by Crippen LogP contribution is -2.32. The summed E-state index contributed by atoms with van der Waals surface area (Å²) in [6.45, 7) is 4.74. The van der Waals surface area contributed by atoms with Crippen LogP contribution >= 0.6 is 11.3 Å². The highest BCUT2D eigenvalue weighted by atomic mass is 32.1. The van der Waals surface area contributed by atoms with Crippen molar-refractivity contribution < 1.29 is 19.1 Å². The van der Waals surface area contributed by atoms with E-state index in [0.29, 0.717) is 41.0 Å². The summed E-state index contributed by atoms with van der Waals surface area (Å²) in [4.78, 5) is 28.8. The van der Waals surface area contributed by atoms with Crippen LogP contribution in [0.4, 0.5) is 11.4 Å². The van der Waals surface area contributed by atoms with Crippen molar-refractivity contribution in [2.75, 3.05) is 23.9 Å². The number of rotatable bonds is 8. The van der Waals surface area contributed by atoms with E-state index in [4.69, 9.17) is 9.47 Å². The molecule has 3 aromatic rings. The van der Waals surface area contributed by atoms with Gasteiger partial charge in [-0.15, -0.1) is 11.3 Å². The molecule has 6 nitrogen and oxygen atoms in total. The molecule has 32 heavy (non-hydrogen) atoms. The van der Waals surface area contributed by atoms with Crippen LogP contribution in [0, 0.1) is 5.92 Å². The molecule has 0 unspecified atom stereocenters. The Morgan fingerprint density at radius 3 is 2.38 bits per heavy atom. The van der Waals surface area contributed by atoms with Gasteiger partial charge in [-0.05, 0) is 53.8 Å². The smallest absolute Gasteiger partial charge is 0.282 e. The van der Waals surface area contributed by atoms with Gasteiger partial charge in [0.1, 0.15) is 17.2 Å². The fraction of sp³-hybridized carbons (Fsp3) is 0.200. The highest BCUT2D eigenvalue weighted by Crippen LogP contribution is 2.37. The topological polar surface area (TPSA) is 67.9 Å². The molecule has 1 aliphatic heterocycles. The van der Waals surface area contributed by atoms with Crippen LogP contribution in [0.5, 0.6) is 11.5 Å². The lowest BCUT2D eigenvalue weighted by Gasteiger charge is -2.17. The number of ether oxygens (including phenoxy) is 2. The van der Waals surface area contributed by atoms with Crippen LogP contribution in [0.3, 0.4) is 0 Å². The molecule has 0 fully saturated rings. The second-order valence-corrected chi connectivity index (χ2v) is 8.64. The summed E-state index contributed by atoms with van der Waals surface area (Å²) in [6.07, 6.45) is 0. The number of nitrogens with one attached hydrogen (secondary N) is 1. The van der Waals surface area contributed by atoms with E-state index in [1.54, 1.807) is 43.5 Å². The number of nitrogens with zero attached hydrogens (tertiary/aromatic N) is 1.